The van der Waals surface area contributed by atoms with Crippen LogP contribution in [0.15, 0.2) is 18.2 Å². The van der Waals surface area contributed by atoms with Gasteiger partial charge in [-0.25, -0.2) is 0 Å². The Hall–Kier alpha value is -1.62. The van der Waals surface area contributed by atoms with Crippen molar-refractivity contribution in [2.75, 3.05) is 18.4 Å². The van der Waals surface area contributed by atoms with E-state index in [1.165, 1.54) is 0 Å². The molecule has 0 aromatic heterocycles. The quantitative estimate of drug-likeness (QED) is 0.452. The number of aryl methyl sites for hydroxylation is 1. The molecule has 2 N–H and O–H groups in total. The van der Waals surface area contributed by atoms with Crippen molar-refractivity contribution in [2.24, 2.45) is 0 Å². The molecule has 0 radical (unpaired) electrons. The third-order valence-corrected chi connectivity index (χ3v) is 2.41. The normalized spacial score (nSPS) is 10.6. The molecule has 0 unspecified atom stereocenters. The first kappa shape index (κ1) is 13.4. The van der Waals surface area contributed by atoms with E-state index >= 15 is 0 Å². The van der Waals surface area contributed by atoms with Crippen molar-refractivity contribution in [2.45, 2.75) is 26.8 Å². The van der Waals surface area contributed by atoms with Gasteiger partial charge in [0.15, 0.2) is 0 Å². The Kier molecular flexibility index (Phi) is 4.90. The second kappa shape index (κ2) is 6.20. The van der Waals surface area contributed by atoms with Crippen molar-refractivity contribution in [3.8, 4) is 0 Å². The Labute approximate surface area is 101 Å². The number of nitro groups is 1. The molecular formula is C12H19N3O2. The Morgan fingerprint density at radius 3 is 2.65 bits per heavy atom. The van der Waals surface area contributed by atoms with Gasteiger partial charge >= 0.3 is 0 Å². The average Bonchev–Trinajstić information content (AvgIpc) is 2.25. The Bertz CT molecular complexity index is 391. The van der Waals surface area contributed by atoms with Crippen molar-refractivity contribution in [1.82, 2.24) is 5.32 Å². The molecule has 5 heteroatoms. The summed E-state index contributed by atoms with van der Waals surface area (Å²) in [5, 5.41) is 17.2. The third-order valence-electron chi connectivity index (χ3n) is 2.41. The molecule has 1 aromatic carbocycles. The smallest absolute Gasteiger partial charge is 0.274 e. The molecular weight excluding hydrogens is 218 g/mol. The third kappa shape index (κ3) is 4.40. The minimum Gasteiger partial charge on any atom is -0.384 e. The van der Waals surface area contributed by atoms with Gasteiger partial charge < -0.3 is 10.6 Å². The van der Waals surface area contributed by atoms with Gasteiger partial charge in [0.2, 0.25) is 0 Å². The van der Waals surface area contributed by atoms with Crippen LogP contribution in [0, 0.1) is 17.0 Å². The van der Waals surface area contributed by atoms with E-state index < -0.39 is 0 Å². The summed E-state index contributed by atoms with van der Waals surface area (Å²) in [6.07, 6.45) is 0. The van der Waals surface area contributed by atoms with E-state index in [0.29, 0.717) is 11.6 Å². The number of nitro benzene ring substituents is 1. The summed E-state index contributed by atoms with van der Waals surface area (Å²) in [5.41, 5.74) is 1.63. The second-order valence-corrected chi connectivity index (χ2v) is 4.29. The molecule has 0 saturated carbocycles. The summed E-state index contributed by atoms with van der Waals surface area (Å²) in [5.74, 6) is 0. The molecule has 0 spiro atoms. The number of anilines is 1. The first-order valence-corrected chi connectivity index (χ1v) is 5.73. The number of hydrogen-bond donors (Lipinski definition) is 2. The zero-order chi connectivity index (χ0) is 12.8. The predicted molar refractivity (Wildman–Crippen MR) is 69.5 cm³/mol. The molecule has 0 aliphatic carbocycles. The van der Waals surface area contributed by atoms with E-state index in [-0.39, 0.29) is 10.6 Å². The van der Waals surface area contributed by atoms with E-state index in [9.17, 15) is 10.1 Å². The zero-order valence-electron chi connectivity index (χ0n) is 10.5. The molecule has 5 nitrogen and oxygen atoms in total. The SMILES string of the molecule is Cc1ccc(NCCNC(C)C)cc1[N+](=O)[O-]. The fraction of sp³-hybridized carbons (Fsp3) is 0.500. The summed E-state index contributed by atoms with van der Waals surface area (Å²) >= 11 is 0. The van der Waals surface area contributed by atoms with Crippen LogP contribution in [0.5, 0.6) is 0 Å². The van der Waals surface area contributed by atoms with Crippen molar-refractivity contribution in [1.29, 1.82) is 0 Å². The lowest BCUT2D eigenvalue weighted by atomic mass is 10.2. The lowest BCUT2D eigenvalue weighted by Gasteiger charge is -2.10. The van der Waals surface area contributed by atoms with Gasteiger partial charge in [0.25, 0.3) is 5.69 Å². The van der Waals surface area contributed by atoms with E-state index in [0.717, 1.165) is 18.8 Å². The van der Waals surface area contributed by atoms with E-state index in [1.54, 1.807) is 19.1 Å². The van der Waals surface area contributed by atoms with Crippen LogP contribution in [0.4, 0.5) is 11.4 Å². The highest BCUT2D eigenvalue weighted by molar-refractivity contribution is 5.54. The van der Waals surface area contributed by atoms with Crippen molar-refractivity contribution in [3.05, 3.63) is 33.9 Å². The fourth-order valence-corrected chi connectivity index (χ4v) is 1.48. The minimum atomic E-state index is -0.354. The van der Waals surface area contributed by atoms with Gasteiger partial charge in [0.1, 0.15) is 0 Å². The lowest BCUT2D eigenvalue weighted by Crippen LogP contribution is -2.28. The maximum absolute atomic E-state index is 10.8. The van der Waals surface area contributed by atoms with Gasteiger partial charge in [0.05, 0.1) is 4.92 Å². The van der Waals surface area contributed by atoms with Crippen LogP contribution < -0.4 is 10.6 Å². The van der Waals surface area contributed by atoms with Crippen LogP contribution >= 0.6 is 0 Å². The van der Waals surface area contributed by atoms with Crippen LogP contribution in [0.3, 0.4) is 0 Å². The van der Waals surface area contributed by atoms with E-state index in [1.807, 2.05) is 6.07 Å². The number of benzene rings is 1. The molecule has 0 bridgehead atoms. The lowest BCUT2D eigenvalue weighted by molar-refractivity contribution is -0.385. The van der Waals surface area contributed by atoms with Crippen molar-refractivity contribution in [3.63, 3.8) is 0 Å². The van der Waals surface area contributed by atoms with Crippen molar-refractivity contribution >= 4 is 11.4 Å². The molecule has 0 atom stereocenters. The number of rotatable bonds is 6. The maximum atomic E-state index is 10.8. The zero-order valence-corrected chi connectivity index (χ0v) is 10.5. The topological polar surface area (TPSA) is 67.2 Å². The number of hydrogen-bond acceptors (Lipinski definition) is 4. The molecule has 0 amide bonds. The number of nitrogens with zero attached hydrogens (tertiary/aromatic N) is 1. The summed E-state index contributed by atoms with van der Waals surface area (Å²) in [6, 6.07) is 5.64. The molecule has 17 heavy (non-hydrogen) atoms. The van der Waals surface area contributed by atoms with Crippen LogP contribution in [0.2, 0.25) is 0 Å². The molecule has 0 aliphatic heterocycles. The minimum absolute atomic E-state index is 0.159. The Morgan fingerprint density at radius 1 is 1.35 bits per heavy atom. The van der Waals surface area contributed by atoms with Gasteiger partial charge in [-0.2, -0.15) is 0 Å². The fourth-order valence-electron chi connectivity index (χ4n) is 1.48. The van der Waals surface area contributed by atoms with Crippen molar-refractivity contribution < 1.29 is 4.92 Å². The first-order valence-electron chi connectivity index (χ1n) is 5.73. The van der Waals surface area contributed by atoms with Gasteiger partial charge in [0, 0.05) is 36.4 Å². The molecule has 0 saturated heterocycles. The monoisotopic (exact) mass is 237 g/mol. The van der Waals surface area contributed by atoms with Crippen LogP contribution in [-0.4, -0.2) is 24.1 Å². The van der Waals surface area contributed by atoms with Gasteiger partial charge in [-0.1, -0.05) is 19.9 Å². The summed E-state index contributed by atoms with van der Waals surface area (Å²) < 4.78 is 0. The van der Waals surface area contributed by atoms with Crippen LogP contribution in [0.1, 0.15) is 19.4 Å². The highest BCUT2D eigenvalue weighted by Crippen LogP contribution is 2.21. The highest BCUT2D eigenvalue weighted by atomic mass is 16.6. The summed E-state index contributed by atoms with van der Waals surface area (Å²) in [6.45, 7) is 7.48. The molecule has 0 aliphatic rings. The largest absolute Gasteiger partial charge is 0.384 e. The van der Waals surface area contributed by atoms with E-state index in [2.05, 4.69) is 24.5 Å². The molecule has 0 heterocycles. The molecule has 94 valence electrons. The maximum Gasteiger partial charge on any atom is 0.274 e. The molecule has 0 fully saturated rings. The molecule has 1 aromatic rings. The van der Waals surface area contributed by atoms with Gasteiger partial charge in [-0.15, -0.1) is 0 Å². The summed E-state index contributed by atoms with van der Waals surface area (Å²) in [7, 11) is 0. The summed E-state index contributed by atoms with van der Waals surface area (Å²) in [4.78, 5) is 10.4. The van der Waals surface area contributed by atoms with Crippen LogP contribution in [0.25, 0.3) is 0 Å². The Morgan fingerprint density at radius 2 is 2.06 bits per heavy atom. The first-order chi connectivity index (χ1) is 8.00. The standard InChI is InChI=1S/C12H19N3O2/c1-9(2)13-6-7-14-11-5-4-10(3)12(8-11)15(16)17/h4-5,8-9,13-14H,6-7H2,1-3H3. The Balaban J connectivity index is 2.54. The van der Waals surface area contributed by atoms with Gasteiger partial charge in [-0.3, -0.25) is 10.1 Å². The van der Waals surface area contributed by atoms with Crippen LogP contribution in [-0.2, 0) is 0 Å². The highest BCUT2D eigenvalue weighted by Gasteiger charge is 2.10. The van der Waals surface area contributed by atoms with Gasteiger partial charge in [-0.05, 0) is 13.0 Å². The number of nitrogens with one attached hydrogen (secondary N) is 2. The predicted octanol–water partition coefficient (Wildman–Crippen LogP) is 2.31. The molecule has 1 rings (SSSR count). The average molecular weight is 237 g/mol. The second-order valence-electron chi connectivity index (χ2n) is 4.29. The van der Waals surface area contributed by atoms with E-state index in [4.69, 9.17) is 0 Å².